The fourth-order valence-electron chi connectivity index (χ4n) is 4.12. The summed E-state index contributed by atoms with van der Waals surface area (Å²) in [7, 11) is 0. The lowest BCUT2D eigenvalue weighted by Gasteiger charge is -2.36. The molecule has 8 nitrogen and oxygen atoms in total. The Balaban J connectivity index is 1.36. The molecule has 30 heavy (non-hydrogen) atoms. The van der Waals surface area contributed by atoms with Gasteiger partial charge in [0.05, 0.1) is 11.9 Å². The standard InChI is InChI=1S/C22H28N6O2/c1-3-27-14-17-5-4-16(11-19(17)25-22(27)30)13-26-6-8-28(9-7-26)18-10-15(2)20(21(23)29)24-12-18/h4-5,10-12H,3,6-9,13-14H2,1-2H3,(H2,23,29)(H,25,30). The van der Waals surface area contributed by atoms with Crippen LogP contribution in [0.5, 0.6) is 0 Å². The number of hydrogen-bond donors (Lipinski definition) is 2. The summed E-state index contributed by atoms with van der Waals surface area (Å²) >= 11 is 0. The van der Waals surface area contributed by atoms with Gasteiger partial charge in [0, 0.05) is 51.5 Å². The van der Waals surface area contributed by atoms with Gasteiger partial charge in [-0.15, -0.1) is 0 Å². The Morgan fingerprint density at radius 1 is 1.20 bits per heavy atom. The summed E-state index contributed by atoms with van der Waals surface area (Å²) < 4.78 is 0. The van der Waals surface area contributed by atoms with Gasteiger partial charge in [-0.3, -0.25) is 9.69 Å². The number of carbonyl (C=O) groups is 2. The topological polar surface area (TPSA) is 94.8 Å². The SMILES string of the molecule is CCN1Cc2ccc(CN3CCN(c4cnc(C(N)=O)c(C)c4)CC3)cc2NC1=O. The number of urea groups is 1. The molecule has 2 aromatic rings. The van der Waals surface area contributed by atoms with Crippen molar-refractivity contribution in [3.63, 3.8) is 0 Å². The van der Waals surface area contributed by atoms with Crippen LogP contribution >= 0.6 is 0 Å². The van der Waals surface area contributed by atoms with E-state index < -0.39 is 5.91 Å². The van der Waals surface area contributed by atoms with E-state index in [2.05, 4.69) is 38.3 Å². The van der Waals surface area contributed by atoms with Crippen LogP contribution in [0.3, 0.4) is 0 Å². The van der Waals surface area contributed by atoms with Crippen LogP contribution in [0, 0.1) is 6.92 Å². The summed E-state index contributed by atoms with van der Waals surface area (Å²) in [4.78, 5) is 34.2. The number of aromatic nitrogens is 1. The zero-order valence-corrected chi connectivity index (χ0v) is 17.5. The molecule has 1 aromatic carbocycles. The first-order valence-electron chi connectivity index (χ1n) is 10.4. The van der Waals surface area contributed by atoms with Gasteiger partial charge in [-0.1, -0.05) is 12.1 Å². The van der Waals surface area contributed by atoms with Crippen LogP contribution in [0.4, 0.5) is 16.2 Å². The highest BCUT2D eigenvalue weighted by Gasteiger charge is 2.22. The summed E-state index contributed by atoms with van der Waals surface area (Å²) in [5.41, 5.74) is 10.8. The van der Waals surface area contributed by atoms with Gasteiger partial charge in [0.2, 0.25) is 0 Å². The van der Waals surface area contributed by atoms with E-state index in [1.54, 1.807) is 11.1 Å². The minimum atomic E-state index is -0.493. The highest BCUT2D eigenvalue weighted by Crippen LogP contribution is 2.26. The first-order chi connectivity index (χ1) is 14.4. The number of benzene rings is 1. The van der Waals surface area contributed by atoms with Gasteiger partial charge in [-0.2, -0.15) is 0 Å². The van der Waals surface area contributed by atoms with E-state index in [-0.39, 0.29) is 6.03 Å². The summed E-state index contributed by atoms with van der Waals surface area (Å²) in [6.07, 6.45) is 1.73. The third kappa shape index (κ3) is 4.09. The van der Waals surface area contributed by atoms with Gasteiger partial charge in [-0.25, -0.2) is 9.78 Å². The molecule has 2 aliphatic rings. The number of primary amides is 1. The van der Waals surface area contributed by atoms with Crippen molar-refractivity contribution in [2.75, 3.05) is 42.9 Å². The second-order valence-corrected chi connectivity index (χ2v) is 7.92. The van der Waals surface area contributed by atoms with Crippen LogP contribution in [0.15, 0.2) is 30.5 Å². The molecule has 0 radical (unpaired) electrons. The second-order valence-electron chi connectivity index (χ2n) is 7.92. The molecule has 0 unspecified atom stereocenters. The summed E-state index contributed by atoms with van der Waals surface area (Å²) in [5.74, 6) is -0.493. The number of nitrogens with two attached hydrogens (primary N) is 1. The molecule has 8 heteroatoms. The quantitative estimate of drug-likeness (QED) is 0.791. The van der Waals surface area contributed by atoms with E-state index in [1.165, 1.54) is 5.56 Å². The molecule has 3 heterocycles. The number of rotatable bonds is 5. The Bertz CT molecular complexity index is 968. The van der Waals surface area contributed by atoms with Crippen LogP contribution in [0.1, 0.15) is 34.1 Å². The molecule has 158 valence electrons. The maximum Gasteiger partial charge on any atom is 0.322 e. The van der Waals surface area contributed by atoms with E-state index in [0.29, 0.717) is 18.8 Å². The maximum atomic E-state index is 12.1. The Morgan fingerprint density at radius 3 is 2.63 bits per heavy atom. The highest BCUT2D eigenvalue weighted by molar-refractivity contribution is 5.93. The number of nitrogens with zero attached hydrogens (tertiary/aromatic N) is 4. The molecule has 0 aliphatic carbocycles. The number of piperazine rings is 1. The van der Waals surface area contributed by atoms with E-state index in [1.807, 2.05) is 19.9 Å². The number of amides is 3. The van der Waals surface area contributed by atoms with Crippen LogP contribution in [-0.2, 0) is 13.1 Å². The van der Waals surface area contributed by atoms with Crippen molar-refractivity contribution in [2.24, 2.45) is 5.73 Å². The average molecular weight is 409 g/mol. The number of hydrogen-bond acceptors (Lipinski definition) is 5. The minimum Gasteiger partial charge on any atom is -0.368 e. The Hall–Kier alpha value is -3.13. The minimum absolute atomic E-state index is 0.0259. The van der Waals surface area contributed by atoms with E-state index >= 15 is 0 Å². The molecule has 0 atom stereocenters. The van der Waals surface area contributed by atoms with Crippen molar-refractivity contribution < 1.29 is 9.59 Å². The Labute approximate surface area is 176 Å². The van der Waals surface area contributed by atoms with Crippen molar-refractivity contribution in [1.82, 2.24) is 14.8 Å². The molecule has 1 saturated heterocycles. The number of aryl methyl sites for hydroxylation is 1. The molecule has 2 aliphatic heterocycles. The molecule has 0 bridgehead atoms. The lowest BCUT2D eigenvalue weighted by Crippen LogP contribution is -2.46. The van der Waals surface area contributed by atoms with Crippen LogP contribution < -0.4 is 16.0 Å². The average Bonchev–Trinajstić information content (AvgIpc) is 2.73. The zero-order chi connectivity index (χ0) is 21.3. The first kappa shape index (κ1) is 20.2. The van der Waals surface area contributed by atoms with Crippen LogP contribution in [-0.4, -0.2) is 59.4 Å². The molecule has 1 aromatic heterocycles. The predicted molar refractivity (Wildman–Crippen MR) is 117 cm³/mol. The number of nitrogens with one attached hydrogen (secondary N) is 1. The second kappa shape index (κ2) is 8.31. The predicted octanol–water partition coefficient (Wildman–Crippen LogP) is 2.18. The van der Waals surface area contributed by atoms with Gasteiger partial charge in [0.1, 0.15) is 5.69 Å². The molecule has 4 rings (SSSR count). The maximum absolute atomic E-state index is 12.1. The number of fused-ring (bicyclic) bond motifs is 1. The summed E-state index contributed by atoms with van der Waals surface area (Å²) in [6, 6.07) is 8.34. The summed E-state index contributed by atoms with van der Waals surface area (Å²) in [5, 5.41) is 3.01. The largest absolute Gasteiger partial charge is 0.368 e. The summed E-state index contributed by atoms with van der Waals surface area (Å²) in [6.45, 7) is 9.73. The molecule has 3 N–H and O–H groups in total. The van der Waals surface area contributed by atoms with E-state index in [0.717, 1.165) is 55.2 Å². The normalized spacial score (nSPS) is 16.9. The smallest absolute Gasteiger partial charge is 0.322 e. The van der Waals surface area contributed by atoms with Crippen molar-refractivity contribution in [1.29, 1.82) is 0 Å². The lowest BCUT2D eigenvalue weighted by molar-refractivity contribution is 0.0995. The lowest BCUT2D eigenvalue weighted by atomic mass is 10.1. The van der Waals surface area contributed by atoms with E-state index in [9.17, 15) is 9.59 Å². The number of pyridine rings is 1. The number of anilines is 2. The Kier molecular flexibility index (Phi) is 5.59. The fourth-order valence-corrected chi connectivity index (χ4v) is 4.12. The molecule has 3 amide bonds. The zero-order valence-electron chi connectivity index (χ0n) is 17.5. The fraction of sp³-hybridized carbons (Fsp3) is 0.409. The third-order valence-electron chi connectivity index (χ3n) is 5.89. The molecular formula is C22H28N6O2. The van der Waals surface area contributed by atoms with Crippen LogP contribution in [0.25, 0.3) is 0 Å². The van der Waals surface area contributed by atoms with E-state index in [4.69, 9.17) is 5.73 Å². The highest BCUT2D eigenvalue weighted by atomic mass is 16.2. The molecule has 0 spiro atoms. The van der Waals surface area contributed by atoms with Gasteiger partial charge >= 0.3 is 6.03 Å². The molecule has 0 saturated carbocycles. The monoisotopic (exact) mass is 408 g/mol. The molecule has 1 fully saturated rings. The van der Waals surface area contributed by atoms with Crippen molar-refractivity contribution in [3.05, 3.63) is 52.8 Å². The van der Waals surface area contributed by atoms with Crippen LogP contribution in [0.2, 0.25) is 0 Å². The third-order valence-corrected chi connectivity index (χ3v) is 5.89. The van der Waals surface area contributed by atoms with Crippen molar-refractivity contribution in [2.45, 2.75) is 26.9 Å². The van der Waals surface area contributed by atoms with Crippen molar-refractivity contribution in [3.8, 4) is 0 Å². The van der Waals surface area contributed by atoms with Gasteiger partial charge < -0.3 is 20.9 Å². The van der Waals surface area contributed by atoms with Crippen molar-refractivity contribution >= 4 is 23.3 Å². The number of carbonyl (C=O) groups excluding carboxylic acids is 2. The van der Waals surface area contributed by atoms with Gasteiger partial charge in [0.25, 0.3) is 5.91 Å². The van der Waals surface area contributed by atoms with Gasteiger partial charge in [-0.05, 0) is 42.7 Å². The molecular weight excluding hydrogens is 380 g/mol. The van der Waals surface area contributed by atoms with Gasteiger partial charge in [0.15, 0.2) is 0 Å². The first-order valence-corrected chi connectivity index (χ1v) is 10.4. The Morgan fingerprint density at radius 2 is 1.97 bits per heavy atom.